The number of hydrogen-bond donors (Lipinski definition) is 1. The summed E-state index contributed by atoms with van der Waals surface area (Å²) in [4.78, 5) is 4.20. The Morgan fingerprint density at radius 1 is 1.50 bits per heavy atom. The fraction of sp³-hybridized carbons (Fsp3) is 0.583. The summed E-state index contributed by atoms with van der Waals surface area (Å²) >= 11 is 0. The summed E-state index contributed by atoms with van der Waals surface area (Å²) in [7, 11) is 0. The number of rotatable bonds is 2. The zero-order valence-corrected chi connectivity index (χ0v) is 9.12. The van der Waals surface area contributed by atoms with Gasteiger partial charge in [0, 0.05) is 12.4 Å². The molecular formula is C12H18N2. The van der Waals surface area contributed by atoms with Crippen LogP contribution in [0, 0.1) is 18.3 Å². The average Bonchev–Trinajstić information content (AvgIpc) is 2.69. The van der Waals surface area contributed by atoms with Gasteiger partial charge < -0.3 is 5.73 Å². The number of hydrogen-bond acceptors (Lipinski definition) is 2. The van der Waals surface area contributed by atoms with E-state index in [1.807, 2.05) is 12.4 Å². The van der Waals surface area contributed by atoms with Crippen molar-refractivity contribution >= 4 is 0 Å². The lowest BCUT2D eigenvalue weighted by atomic mass is 10.0. The first kappa shape index (κ1) is 9.66. The summed E-state index contributed by atoms with van der Waals surface area (Å²) in [5.74, 6) is 1.24. The van der Waals surface area contributed by atoms with E-state index in [1.165, 1.54) is 11.1 Å². The van der Waals surface area contributed by atoms with Crippen LogP contribution < -0.4 is 5.73 Å². The molecule has 1 saturated carbocycles. The first-order valence-corrected chi connectivity index (χ1v) is 5.19. The lowest BCUT2D eigenvalue weighted by Gasteiger charge is -2.05. The number of aryl methyl sites for hydroxylation is 1. The van der Waals surface area contributed by atoms with Gasteiger partial charge in [-0.3, -0.25) is 4.98 Å². The SMILES string of the molecule is Cc1ccncc1C1C(CN)C1(C)C. The highest BCUT2D eigenvalue weighted by Crippen LogP contribution is 2.64. The van der Waals surface area contributed by atoms with Gasteiger partial charge in [0.2, 0.25) is 0 Å². The van der Waals surface area contributed by atoms with Crippen LogP contribution in [0.5, 0.6) is 0 Å². The lowest BCUT2D eigenvalue weighted by Crippen LogP contribution is -2.05. The minimum atomic E-state index is 0.364. The summed E-state index contributed by atoms with van der Waals surface area (Å²) in [6, 6.07) is 2.08. The second kappa shape index (κ2) is 3.06. The summed E-state index contributed by atoms with van der Waals surface area (Å²) in [5.41, 5.74) is 8.85. The fourth-order valence-electron chi connectivity index (χ4n) is 2.60. The molecule has 2 N–H and O–H groups in total. The molecule has 0 amide bonds. The number of nitrogens with two attached hydrogens (primary N) is 1. The van der Waals surface area contributed by atoms with Crippen LogP contribution in [0.1, 0.15) is 30.9 Å². The van der Waals surface area contributed by atoms with Crippen LogP contribution in [0.15, 0.2) is 18.5 Å². The van der Waals surface area contributed by atoms with Gasteiger partial charge in [0.25, 0.3) is 0 Å². The highest BCUT2D eigenvalue weighted by atomic mass is 14.7. The summed E-state index contributed by atoms with van der Waals surface area (Å²) in [5, 5.41) is 0. The van der Waals surface area contributed by atoms with E-state index in [9.17, 15) is 0 Å². The lowest BCUT2D eigenvalue weighted by molar-refractivity contribution is 0.558. The van der Waals surface area contributed by atoms with E-state index < -0.39 is 0 Å². The zero-order chi connectivity index (χ0) is 10.3. The van der Waals surface area contributed by atoms with Gasteiger partial charge in [0.1, 0.15) is 0 Å². The molecule has 0 aromatic carbocycles. The molecular weight excluding hydrogens is 172 g/mol. The molecule has 1 aliphatic carbocycles. The molecule has 1 aliphatic rings. The first-order chi connectivity index (χ1) is 6.59. The molecule has 1 heterocycles. The van der Waals surface area contributed by atoms with Gasteiger partial charge in [0.05, 0.1) is 0 Å². The topological polar surface area (TPSA) is 38.9 Å². The minimum Gasteiger partial charge on any atom is -0.330 e. The maximum Gasteiger partial charge on any atom is 0.0305 e. The van der Waals surface area contributed by atoms with Crippen molar-refractivity contribution in [1.29, 1.82) is 0 Å². The second-order valence-electron chi connectivity index (χ2n) is 4.87. The van der Waals surface area contributed by atoms with Crippen molar-refractivity contribution in [3.63, 3.8) is 0 Å². The predicted octanol–water partition coefficient (Wildman–Crippen LogP) is 2.09. The van der Waals surface area contributed by atoms with Gasteiger partial charge in [-0.05, 0) is 47.9 Å². The van der Waals surface area contributed by atoms with Gasteiger partial charge in [-0.25, -0.2) is 0 Å². The number of pyridine rings is 1. The molecule has 2 unspecified atom stereocenters. The van der Waals surface area contributed by atoms with Crippen LogP contribution in [0.2, 0.25) is 0 Å². The van der Waals surface area contributed by atoms with Gasteiger partial charge in [-0.15, -0.1) is 0 Å². The van der Waals surface area contributed by atoms with E-state index in [1.54, 1.807) is 0 Å². The molecule has 0 bridgehead atoms. The molecule has 14 heavy (non-hydrogen) atoms. The molecule has 0 spiro atoms. The Balaban J connectivity index is 2.31. The van der Waals surface area contributed by atoms with Crippen molar-refractivity contribution in [2.45, 2.75) is 26.7 Å². The minimum absolute atomic E-state index is 0.364. The molecule has 0 aliphatic heterocycles. The van der Waals surface area contributed by atoms with Crippen LogP contribution in [0.4, 0.5) is 0 Å². The van der Waals surface area contributed by atoms with Crippen molar-refractivity contribution in [2.24, 2.45) is 17.1 Å². The highest BCUT2D eigenvalue weighted by molar-refractivity contribution is 5.35. The van der Waals surface area contributed by atoms with E-state index in [4.69, 9.17) is 5.73 Å². The Labute approximate surface area is 85.5 Å². The van der Waals surface area contributed by atoms with Crippen molar-refractivity contribution < 1.29 is 0 Å². The normalized spacial score (nSPS) is 28.9. The van der Waals surface area contributed by atoms with Gasteiger partial charge in [-0.2, -0.15) is 0 Å². The number of nitrogens with zero attached hydrogens (tertiary/aromatic N) is 1. The summed E-state index contributed by atoms with van der Waals surface area (Å²) in [6.07, 6.45) is 3.85. The smallest absolute Gasteiger partial charge is 0.0305 e. The molecule has 0 saturated heterocycles. The second-order valence-corrected chi connectivity index (χ2v) is 4.87. The van der Waals surface area contributed by atoms with Crippen LogP contribution >= 0.6 is 0 Å². The monoisotopic (exact) mass is 190 g/mol. The first-order valence-electron chi connectivity index (χ1n) is 5.19. The van der Waals surface area contributed by atoms with E-state index in [-0.39, 0.29) is 0 Å². The molecule has 2 rings (SSSR count). The molecule has 2 nitrogen and oxygen atoms in total. The quantitative estimate of drug-likeness (QED) is 0.775. The Kier molecular flexibility index (Phi) is 2.11. The average molecular weight is 190 g/mol. The van der Waals surface area contributed by atoms with E-state index >= 15 is 0 Å². The zero-order valence-electron chi connectivity index (χ0n) is 9.12. The van der Waals surface area contributed by atoms with Crippen molar-refractivity contribution in [1.82, 2.24) is 4.98 Å². The molecule has 1 aromatic heterocycles. The van der Waals surface area contributed by atoms with Gasteiger partial charge >= 0.3 is 0 Å². The maximum atomic E-state index is 5.77. The predicted molar refractivity (Wildman–Crippen MR) is 58.0 cm³/mol. The van der Waals surface area contributed by atoms with Crippen molar-refractivity contribution in [2.75, 3.05) is 6.54 Å². The fourth-order valence-corrected chi connectivity index (χ4v) is 2.60. The van der Waals surface area contributed by atoms with Crippen LogP contribution in [-0.2, 0) is 0 Å². The molecule has 1 aromatic rings. The Bertz CT molecular complexity index is 344. The standard InChI is InChI=1S/C12H18N2/c1-8-4-5-14-7-9(8)11-10(6-13)12(11,2)3/h4-5,7,10-11H,6,13H2,1-3H3. The highest BCUT2D eigenvalue weighted by Gasteiger charge is 2.57. The molecule has 76 valence electrons. The van der Waals surface area contributed by atoms with Gasteiger partial charge in [-0.1, -0.05) is 13.8 Å². The summed E-state index contributed by atoms with van der Waals surface area (Å²) in [6.45, 7) is 7.52. The van der Waals surface area contributed by atoms with Crippen LogP contribution in [0.25, 0.3) is 0 Å². The van der Waals surface area contributed by atoms with Crippen LogP contribution in [0.3, 0.4) is 0 Å². The third-order valence-corrected chi connectivity index (χ3v) is 3.72. The molecule has 1 fully saturated rings. The Morgan fingerprint density at radius 2 is 2.21 bits per heavy atom. The Hall–Kier alpha value is -0.890. The van der Waals surface area contributed by atoms with Crippen molar-refractivity contribution in [3.8, 4) is 0 Å². The molecule has 2 heteroatoms. The maximum absolute atomic E-state index is 5.77. The van der Waals surface area contributed by atoms with Crippen molar-refractivity contribution in [3.05, 3.63) is 29.6 Å². The third-order valence-electron chi connectivity index (χ3n) is 3.72. The summed E-state index contributed by atoms with van der Waals surface area (Å²) < 4.78 is 0. The molecule has 0 radical (unpaired) electrons. The molecule has 2 atom stereocenters. The third kappa shape index (κ3) is 1.25. The van der Waals surface area contributed by atoms with Gasteiger partial charge in [0.15, 0.2) is 0 Å². The van der Waals surface area contributed by atoms with E-state index in [2.05, 4.69) is 31.8 Å². The Morgan fingerprint density at radius 3 is 2.71 bits per heavy atom. The van der Waals surface area contributed by atoms with E-state index in [0.29, 0.717) is 17.3 Å². The number of aromatic nitrogens is 1. The largest absolute Gasteiger partial charge is 0.330 e. The van der Waals surface area contributed by atoms with Crippen LogP contribution in [-0.4, -0.2) is 11.5 Å². The van der Waals surface area contributed by atoms with E-state index in [0.717, 1.165) is 6.54 Å².